The van der Waals surface area contributed by atoms with Gasteiger partial charge in [0, 0.05) is 11.6 Å². The van der Waals surface area contributed by atoms with Crippen molar-refractivity contribution in [3.8, 4) is 0 Å². The number of hydrogen-bond acceptors (Lipinski definition) is 3. The van der Waals surface area contributed by atoms with E-state index in [1.54, 1.807) is 0 Å². The van der Waals surface area contributed by atoms with E-state index < -0.39 is 0 Å². The van der Waals surface area contributed by atoms with Gasteiger partial charge in [0.2, 0.25) is 11.8 Å². The molecule has 1 aliphatic carbocycles. The highest BCUT2D eigenvalue weighted by Crippen LogP contribution is 2.29. The molecule has 2 N–H and O–H groups in total. The lowest BCUT2D eigenvalue weighted by Gasteiger charge is -2.32. The number of para-hydroxylation sites is 1. The maximum atomic E-state index is 12.6. The number of nitrogens with one attached hydrogen (secondary N) is 2. The fourth-order valence-electron chi connectivity index (χ4n) is 4.47. The smallest absolute Gasteiger partial charge is 0.234 e. The average Bonchev–Trinajstić information content (AvgIpc) is 2.75. The average molecular weight is 392 g/mol. The number of likely N-dealkylation sites (tertiary alicyclic amines) is 1. The summed E-state index contributed by atoms with van der Waals surface area (Å²) in [6.07, 6.45) is 4.80. The van der Waals surface area contributed by atoms with Crippen LogP contribution in [0.4, 0.5) is 5.69 Å². The van der Waals surface area contributed by atoms with Crippen molar-refractivity contribution in [2.24, 2.45) is 5.92 Å². The molecule has 0 bridgehead atoms. The Morgan fingerprint density at radius 1 is 0.931 bits per heavy atom. The normalized spacial score (nSPS) is 19.9. The number of amides is 2. The zero-order valence-electron chi connectivity index (χ0n) is 16.8. The number of aryl methyl sites for hydroxylation is 1. The van der Waals surface area contributed by atoms with Gasteiger partial charge in [-0.25, -0.2) is 0 Å². The molecule has 4 rings (SSSR count). The van der Waals surface area contributed by atoms with E-state index in [0.717, 1.165) is 50.9 Å². The highest BCUT2D eigenvalue weighted by atomic mass is 16.2. The number of carbonyl (C=O) groups is 2. The summed E-state index contributed by atoms with van der Waals surface area (Å²) in [7, 11) is 0. The first-order chi connectivity index (χ1) is 14.2. The lowest BCUT2D eigenvalue weighted by Crippen LogP contribution is -2.44. The van der Waals surface area contributed by atoms with E-state index in [4.69, 9.17) is 0 Å². The van der Waals surface area contributed by atoms with Crippen molar-refractivity contribution in [3.05, 3.63) is 65.7 Å². The van der Waals surface area contributed by atoms with Crippen LogP contribution in [0, 0.1) is 5.92 Å². The molecule has 0 radical (unpaired) electrons. The van der Waals surface area contributed by atoms with Crippen LogP contribution >= 0.6 is 0 Å². The van der Waals surface area contributed by atoms with Gasteiger partial charge in [-0.05, 0) is 68.5 Å². The van der Waals surface area contributed by atoms with E-state index >= 15 is 0 Å². The second kappa shape index (κ2) is 9.23. The molecule has 5 nitrogen and oxygen atoms in total. The Kier molecular flexibility index (Phi) is 6.25. The summed E-state index contributed by atoms with van der Waals surface area (Å²) >= 11 is 0. The molecular weight excluding hydrogens is 362 g/mol. The monoisotopic (exact) mass is 391 g/mol. The molecule has 1 atom stereocenters. The van der Waals surface area contributed by atoms with E-state index in [1.807, 2.05) is 30.3 Å². The van der Waals surface area contributed by atoms with E-state index in [2.05, 4.69) is 39.8 Å². The predicted molar refractivity (Wildman–Crippen MR) is 114 cm³/mol. The molecule has 0 aromatic heterocycles. The molecule has 2 aromatic rings. The van der Waals surface area contributed by atoms with Crippen molar-refractivity contribution in [2.75, 3.05) is 25.0 Å². The first-order valence-electron chi connectivity index (χ1n) is 10.6. The molecule has 1 fully saturated rings. The van der Waals surface area contributed by atoms with E-state index in [9.17, 15) is 9.59 Å². The maximum absolute atomic E-state index is 12.6. The Balaban J connectivity index is 1.24. The summed E-state index contributed by atoms with van der Waals surface area (Å²) in [6.45, 7) is 1.97. The fraction of sp³-hybridized carbons (Fsp3) is 0.417. The molecule has 1 saturated heterocycles. The second-order valence-electron chi connectivity index (χ2n) is 8.12. The third-order valence-corrected chi connectivity index (χ3v) is 6.07. The lowest BCUT2D eigenvalue weighted by molar-refractivity contribution is -0.124. The van der Waals surface area contributed by atoms with Crippen LogP contribution in [0.25, 0.3) is 0 Å². The molecule has 0 saturated carbocycles. The molecule has 2 amide bonds. The predicted octanol–water partition coefficient (Wildman–Crippen LogP) is 3.53. The van der Waals surface area contributed by atoms with Crippen LogP contribution in [0.5, 0.6) is 0 Å². The van der Waals surface area contributed by atoms with Gasteiger partial charge in [-0.3, -0.25) is 14.5 Å². The Bertz CT molecular complexity index is 844. The molecule has 1 aliphatic heterocycles. The number of benzene rings is 2. The summed E-state index contributed by atoms with van der Waals surface area (Å²) in [4.78, 5) is 27.2. The molecule has 0 spiro atoms. The van der Waals surface area contributed by atoms with Crippen molar-refractivity contribution < 1.29 is 9.59 Å². The highest BCUT2D eigenvalue weighted by molar-refractivity contribution is 5.92. The highest BCUT2D eigenvalue weighted by Gasteiger charge is 2.27. The van der Waals surface area contributed by atoms with Gasteiger partial charge in [0.15, 0.2) is 0 Å². The summed E-state index contributed by atoms with van der Waals surface area (Å²) in [6, 6.07) is 18.1. The number of hydrogen-bond donors (Lipinski definition) is 2. The zero-order chi connectivity index (χ0) is 20.1. The van der Waals surface area contributed by atoms with Crippen LogP contribution in [-0.4, -0.2) is 36.3 Å². The molecule has 0 unspecified atom stereocenters. The first kappa shape index (κ1) is 19.6. The Hall–Kier alpha value is -2.66. The molecule has 152 valence electrons. The molecule has 29 heavy (non-hydrogen) atoms. The topological polar surface area (TPSA) is 61.4 Å². The van der Waals surface area contributed by atoms with Crippen LogP contribution in [0.2, 0.25) is 0 Å². The van der Waals surface area contributed by atoms with Gasteiger partial charge in [-0.15, -0.1) is 0 Å². The van der Waals surface area contributed by atoms with Gasteiger partial charge in [0.1, 0.15) is 0 Å². The molecule has 2 aromatic carbocycles. The van der Waals surface area contributed by atoms with Crippen molar-refractivity contribution in [1.29, 1.82) is 0 Å². The van der Waals surface area contributed by atoms with Crippen LogP contribution in [-0.2, 0) is 16.0 Å². The third-order valence-electron chi connectivity index (χ3n) is 6.07. The standard InChI is InChI=1S/C24H29N3O2/c28-23(26-22-12-6-8-18-7-4-5-11-21(18)22)17-27-15-13-19(14-16-27)24(29)25-20-9-2-1-3-10-20/h1-5,7,9-11,19,22H,6,8,12-17H2,(H,25,29)(H,26,28)/t22-/m0/s1. The Labute approximate surface area is 172 Å². The number of anilines is 1. The Morgan fingerprint density at radius 2 is 1.66 bits per heavy atom. The minimum Gasteiger partial charge on any atom is -0.348 e. The van der Waals surface area contributed by atoms with Gasteiger partial charge >= 0.3 is 0 Å². The molecule has 5 heteroatoms. The summed E-state index contributed by atoms with van der Waals surface area (Å²) in [5, 5.41) is 6.22. The summed E-state index contributed by atoms with van der Waals surface area (Å²) in [5.74, 6) is 0.178. The van der Waals surface area contributed by atoms with Gasteiger partial charge < -0.3 is 10.6 Å². The Morgan fingerprint density at radius 3 is 2.45 bits per heavy atom. The van der Waals surface area contributed by atoms with Crippen LogP contribution in [0.3, 0.4) is 0 Å². The maximum Gasteiger partial charge on any atom is 0.234 e. The van der Waals surface area contributed by atoms with Crippen molar-refractivity contribution in [2.45, 2.75) is 38.1 Å². The quantitative estimate of drug-likeness (QED) is 0.820. The van der Waals surface area contributed by atoms with Gasteiger partial charge in [0.05, 0.1) is 12.6 Å². The SMILES string of the molecule is O=C(CN1CCC(C(=O)Nc2ccccc2)CC1)N[C@H]1CCCc2ccccc21. The van der Waals surface area contributed by atoms with Gasteiger partial charge in [-0.1, -0.05) is 42.5 Å². The van der Waals surface area contributed by atoms with Crippen LogP contribution < -0.4 is 10.6 Å². The minimum absolute atomic E-state index is 0.0136. The number of carbonyl (C=O) groups excluding carboxylic acids is 2. The van der Waals surface area contributed by atoms with Crippen molar-refractivity contribution in [3.63, 3.8) is 0 Å². The number of rotatable bonds is 5. The van der Waals surface area contributed by atoms with E-state index in [1.165, 1.54) is 11.1 Å². The van der Waals surface area contributed by atoms with Crippen LogP contribution in [0.1, 0.15) is 42.9 Å². The number of piperidine rings is 1. The summed E-state index contributed by atoms with van der Waals surface area (Å²) in [5.41, 5.74) is 3.46. The van der Waals surface area contributed by atoms with Crippen molar-refractivity contribution >= 4 is 17.5 Å². The summed E-state index contributed by atoms with van der Waals surface area (Å²) < 4.78 is 0. The van der Waals surface area contributed by atoms with Gasteiger partial charge in [0.25, 0.3) is 0 Å². The lowest BCUT2D eigenvalue weighted by atomic mass is 9.88. The minimum atomic E-state index is 0.0136. The molecule has 2 aliphatic rings. The van der Waals surface area contributed by atoms with Crippen molar-refractivity contribution in [1.82, 2.24) is 10.2 Å². The second-order valence-corrected chi connectivity index (χ2v) is 8.12. The number of fused-ring (bicyclic) bond motifs is 1. The van der Waals surface area contributed by atoms with Gasteiger partial charge in [-0.2, -0.15) is 0 Å². The largest absolute Gasteiger partial charge is 0.348 e. The first-order valence-corrected chi connectivity index (χ1v) is 10.6. The van der Waals surface area contributed by atoms with E-state index in [0.29, 0.717) is 6.54 Å². The number of nitrogens with zero attached hydrogens (tertiary/aromatic N) is 1. The van der Waals surface area contributed by atoms with E-state index in [-0.39, 0.29) is 23.8 Å². The molecule has 1 heterocycles. The van der Waals surface area contributed by atoms with Crippen LogP contribution in [0.15, 0.2) is 54.6 Å². The zero-order valence-corrected chi connectivity index (χ0v) is 16.8. The third kappa shape index (κ3) is 5.04. The fourth-order valence-corrected chi connectivity index (χ4v) is 4.47. The molecular formula is C24H29N3O2.